The second-order valence-corrected chi connectivity index (χ2v) is 6.82. The number of fused-ring (bicyclic) bond motifs is 1. The summed E-state index contributed by atoms with van der Waals surface area (Å²) in [5, 5.41) is 7.45. The van der Waals surface area contributed by atoms with E-state index in [0.717, 1.165) is 22.9 Å². The number of ether oxygens (including phenoxy) is 1. The highest BCUT2D eigenvalue weighted by atomic mass is 32.2. The molecule has 1 aromatic carbocycles. The molecule has 5 heteroatoms. The van der Waals surface area contributed by atoms with E-state index in [0.29, 0.717) is 23.3 Å². The zero-order valence-electron chi connectivity index (χ0n) is 14.7. The molecule has 0 radical (unpaired) electrons. The fraction of sp³-hybridized carbons (Fsp3) is 0.450. The van der Waals surface area contributed by atoms with Gasteiger partial charge in [0.1, 0.15) is 0 Å². The molecule has 1 atom stereocenters. The highest BCUT2D eigenvalue weighted by Crippen LogP contribution is 2.25. The second kappa shape index (κ2) is 10.2. The Labute approximate surface area is 154 Å². The monoisotopic (exact) mass is 363 g/mol. The Kier molecular flexibility index (Phi) is 8.62. The van der Waals surface area contributed by atoms with Gasteiger partial charge in [-0.2, -0.15) is 0 Å². The molecule has 0 fully saturated rings. The lowest BCUT2D eigenvalue weighted by atomic mass is 10.1. The molecular weight excluding hydrogens is 334 g/mol. The lowest BCUT2D eigenvalue weighted by Gasteiger charge is -2.08. The van der Waals surface area contributed by atoms with E-state index < -0.39 is 0 Å². The van der Waals surface area contributed by atoms with E-state index in [1.54, 1.807) is 0 Å². The normalized spacial score (nSPS) is 15.1. The van der Waals surface area contributed by atoms with Crippen LogP contribution in [0.1, 0.15) is 45.2 Å². The average molecular weight is 364 g/mol. The Morgan fingerprint density at radius 2 is 2.00 bits per heavy atom. The smallest absolute Gasteiger partial charge is 0.346 e. The van der Waals surface area contributed by atoms with Gasteiger partial charge in [0.05, 0.1) is 17.4 Å². The molecule has 25 heavy (non-hydrogen) atoms. The van der Waals surface area contributed by atoms with Gasteiger partial charge in [-0.1, -0.05) is 39.0 Å². The minimum Gasteiger partial charge on any atom is -0.465 e. The zero-order chi connectivity index (χ0) is 17.5. The van der Waals surface area contributed by atoms with Crippen molar-refractivity contribution < 1.29 is 9.15 Å². The van der Waals surface area contributed by atoms with Crippen LogP contribution in [-0.4, -0.2) is 12.0 Å². The van der Waals surface area contributed by atoms with Crippen molar-refractivity contribution in [1.82, 2.24) is 5.32 Å². The summed E-state index contributed by atoms with van der Waals surface area (Å²) in [6.45, 7) is 8.61. The quantitative estimate of drug-likeness (QED) is 0.792. The summed E-state index contributed by atoms with van der Waals surface area (Å²) in [5.41, 5.74) is 1.60. The number of thioether (sulfide) groups is 1. The predicted octanol–water partition coefficient (Wildman–Crippen LogP) is 5.36. The van der Waals surface area contributed by atoms with E-state index in [-0.39, 0.29) is 13.1 Å². The number of benzene rings is 1. The third-order valence-corrected chi connectivity index (χ3v) is 4.78. The van der Waals surface area contributed by atoms with Gasteiger partial charge in [0.15, 0.2) is 0 Å². The maximum absolute atomic E-state index is 11.8. The molecule has 0 spiro atoms. The molecule has 0 saturated carbocycles. The summed E-state index contributed by atoms with van der Waals surface area (Å²) >= 11 is 1.85. The molecule has 1 N–H and O–H groups in total. The van der Waals surface area contributed by atoms with Gasteiger partial charge < -0.3 is 14.5 Å². The Hall–Kier alpha value is -1.88. The van der Waals surface area contributed by atoms with E-state index in [1.165, 1.54) is 6.42 Å². The SMILES string of the molecule is C.CCC1NC=CS1.CCCOc1oc(=O)c2cc(C)ccc2c1C. The van der Waals surface area contributed by atoms with E-state index in [2.05, 4.69) is 17.6 Å². The van der Waals surface area contributed by atoms with Crippen molar-refractivity contribution in [2.45, 2.75) is 53.3 Å². The molecule has 1 aliphatic heterocycles. The van der Waals surface area contributed by atoms with Crippen molar-refractivity contribution in [3.63, 3.8) is 0 Å². The molecule has 0 amide bonds. The number of rotatable bonds is 4. The van der Waals surface area contributed by atoms with Crippen LogP contribution in [0.2, 0.25) is 0 Å². The molecule has 2 heterocycles. The first-order chi connectivity index (χ1) is 11.6. The third kappa shape index (κ3) is 5.56. The molecule has 3 rings (SSSR count). The van der Waals surface area contributed by atoms with Gasteiger partial charge in [0.2, 0.25) is 0 Å². The Bertz CT molecular complexity index is 759. The van der Waals surface area contributed by atoms with Crippen LogP contribution in [0.3, 0.4) is 0 Å². The molecule has 1 aliphatic rings. The number of aryl methyl sites for hydroxylation is 2. The largest absolute Gasteiger partial charge is 0.465 e. The van der Waals surface area contributed by atoms with Crippen LogP contribution in [0.15, 0.2) is 39.0 Å². The van der Waals surface area contributed by atoms with Crippen molar-refractivity contribution in [3.8, 4) is 5.95 Å². The summed E-state index contributed by atoms with van der Waals surface area (Å²) in [6.07, 6.45) is 4.09. The van der Waals surface area contributed by atoms with Crippen LogP contribution in [0.5, 0.6) is 5.95 Å². The van der Waals surface area contributed by atoms with E-state index >= 15 is 0 Å². The van der Waals surface area contributed by atoms with Gasteiger partial charge in [-0.25, -0.2) is 4.79 Å². The molecule has 4 nitrogen and oxygen atoms in total. The topological polar surface area (TPSA) is 51.5 Å². The summed E-state index contributed by atoms with van der Waals surface area (Å²) in [7, 11) is 0. The Morgan fingerprint density at radius 3 is 2.56 bits per heavy atom. The number of hydrogen-bond acceptors (Lipinski definition) is 5. The fourth-order valence-electron chi connectivity index (χ4n) is 2.35. The van der Waals surface area contributed by atoms with Crippen LogP contribution in [0.25, 0.3) is 10.8 Å². The van der Waals surface area contributed by atoms with E-state index in [4.69, 9.17) is 9.15 Å². The van der Waals surface area contributed by atoms with Crippen molar-refractivity contribution in [2.75, 3.05) is 6.61 Å². The molecule has 0 aliphatic carbocycles. The van der Waals surface area contributed by atoms with Crippen LogP contribution >= 0.6 is 11.8 Å². The van der Waals surface area contributed by atoms with Crippen LogP contribution < -0.4 is 15.7 Å². The summed E-state index contributed by atoms with van der Waals surface area (Å²) in [4.78, 5) is 11.8. The van der Waals surface area contributed by atoms with Gasteiger partial charge >= 0.3 is 5.63 Å². The second-order valence-electron chi connectivity index (χ2n) is 5.70. The van der Waals surface area contributed by atoms with Gasteiger partial charge in [0.25, 0.3) is 5.95 Å². The Balaban J connectivity index is 0.000000330. The lowest BCUT2D eigenvalue weighted by Crippen LogP contribution is -2.13. The average Bonchev–Trinajstić information content (AvgIpc) is 3.11. The van der Waals surface area contributed by atoms with Crippen molar-refractivity contribution in [2.24, 2.45) is 0 Å². The number of nitrogens with one attached hydrogen (secondary N) is 1. The summed E-state index contributed by atoms with van der Waals surface area (Å²) < 4.78 is 10.6. The van der Waals surface area contributed by atoms with Crippen molar-refractivity contribution in [1.29, 1.82) is 0 Å². The van der Waals surface area contributed by atoms with Gasteiger partial charge in [-0.05, 0) is 43.5 Å². The lowest BCUT2D eigenvalue weighted by molar-refractivity contribution is 0.230. The minimum atomic E-state index is -0.333. The highest BCUT2D eigenvalue weighted by molar-refractivity contribution is 8.02. The molecule has 0 bridgehead atoms. The zero-order valence-corrected chi connectivity index (χ0v) is 15.5. The maximum atomic E-state index is 11.8. The molecule has 2 aromatic rings. The third-order valence-electron chi connectivity index (χ3n) is 3.69. The predicted molar refractivity (Wildman–Crippen MR) is 108 cm³/mol. The van der Waals surface area contributed by atoms with Gasteiger partial charge in [-0.15, -0.1) is 11.8 Å². The molecular formula is C20H29NO3S. The van der Waals surface area contributed by atoms with E-state index in [1.807, 2.05) is 56.9 Å². The Morgan fingerprint density at radius 1 is 1.24 bits per heavy atom. The first kappa shape index (κ1) is 21.2. The van der Waals surface area contributed by atoms with Crippen LogP contribution in [-0.2, 0) is 0 Å². The van der Waals surface area contributed by atoms with Crippen molar-refractivity contribution >= 4 is 22.5 Å². The van der Waals surface area contributed by atoms with Crippen LogP contribution in [0.4, 0.5) is 0 Å². The first-order valence-electron chi connectivity index (χ1n) is 8.30. The number of hydrogen-bond donors (Lipinski definition) is 1. The van der Waals surface area contributed by atoms with Crippen LogP contribution in [0, 0.1) is 13.8 Å². The first-order valence-corrected chi connectivity index (χ1v) is 9.24. The molecule has 0 saturated heterocycles. The van der Waals surface area contributed by atoms with E-state index in [9.17, 15) is 4.79 Å². The summed E-state index contributed by atoms with van der Waals surface area (Å²) in [5.74, 6) is 0.341. The molecule has 1 aromatic heterocycles. The molecule has 138 valence electrons. The standard InChI is InChI=1S/C14H16O3.C5H9NS.CH4/c1-4-7-16-14-10(3)11-6-5-9(2)8-12(11)13(15)17-14;1-2-5-6-3-4-7-5;/h5-6,8H,4,7H2,1-3H3;3-6H,2H2,1H3;1H4. The molecule has 1 unspecified atom stereocenters. The van der Waals surface area contributed by atoms with Gasteiger partial charge in [0, 0.05) is 11.8 Å². The summed E-state index contributed by atoms with van der Waals surface area (Å²) in [6, 6.07) is 5.77. The van der Waals surface area contributed by atoms with Gasteiger partial charge in [-0.3, -0.25) is 0 Å². The minimum absolute atomic E-state index is 0. The maximum Gasteiger partial charge on any atom is 0.346 e. The fourth-order valence-corrected chi connectivity index (χ4v) is 3.04. The highest BCUT2D eigenvalue weighted by Gasteiger charge is 2.11. The van der Waals surface area contributed by atoms with Crippen molar-refractivity contribution in [3.05, 3.63) is 51.4 Å².